The Morgan fingerprint density at radius 2 is 2.09 bits per heavy atom. The molecule has 1 aromatic rings. The second kappa shape index (κ2) is 7.14. The van der Waals surface area contributed by atoms with Crippen molar-refractivity contribution in [2.75, 3.05) is 56.2 Å². The predicted octanol–water partition coefficient (Wildman–Crippen LogP) is 0.960. The van der Waals surface area contributed by atoms with Gasteiger partial charge in [0.25, 0.3) is 0 Å². The van der Waals surface area contributed by atoms with Crippen LogP contribution >= 0.6 is 0 Å². The molecule has 7 nitrogen and oxygen atoms in total. The summed E-state index contributed by atoms with van der Waals surface area (Å²) in [5, 5.41) is 2.70. The number of aromatic nitrogens is 1. The molecule has 0 aliphatic carbocycles. The van der Waals surface area contributed by atoms with E-state index in [1.165, 1.54) is 6.92 Å². The van der Waals surface area contributed by atoms with Crippen molar-refractivity contribution in [3.05, 3.63) is 12.1 Å². The van der Waals surface area contributed by atoms with Crippen LogP contribution in [0.1, 0.15) is 13.8 Å². The summed E-state index contributed by atoms with van der Waals surface area (Å²) >= 11 is 0. The SMILES string of the molecule is CCOc1nc(NC(C)=O)ccc1N1CCN(C2COC2)CC1. The van der Waals surface area contributed by atoms with Gasteiger partial charge in [0.1, 0.15) is 11.5 Å². The Kier molecular flexibility index (Phi) is 4.97. The molecule has 3 heterocycles. The summed E-state index contributed by atoms with van der Waals surface area (Å²) < 4.78 is 11.0. The molecular formula is C16H24N4O3. The van der Waals surface area contributed by atoms with Crippen molar-refractivity contribution in [3.8, 4) is 5.88 Å². The summed E-state index contributed by atoms with van der Waals surface area (Å²) in [6.45, 7) is 9.59. The van der Waals surface area contributed by atoms with Crippen LogP contribution in [0.5, 0.6) is 5.88 Å². The van der Waals surface area contributed by atoms with Crippen LogP contribution in [0.3, 0.4) is 0 Å². The molecule has 0 unspecified atom stereocenters. The van der Waals surface area contributed by atoms with Crippen molar-refractivity contribution in [1.29, 1.82) is 0 Å². The van der Waals surface area contributed by atoms with Crippen molar-refractivity contribution in [2.45, 2.75) is 19.9 Å². The van der Waals surface area contributed by atoms with Gasteiger partial charge in [-0.1, -0.05) is 0 Å². The van der Waals surface area contributed by atoms with E-state index in [1.807, 2.05) is 19.1 Å². The minimum Gasteiger partial charge on any atom is -0.476 e. The topological polar surface area (TPSA) is 66.9 Å². The first-order valence-corrected chi connectivity index (χ1v) is 8.15. The highest BCUT2D eigenvalue weighted by atomic mass is 16.5. The lowest BCUT2D eigenvalue weighted by atomic mass is 10.1. The number of piperazine rings is 1. The molecule has 2 aliphatic rings. The van der Waals surface area contributed by atoms with Gasteiger partial charge in [0.05, 0.1) is 25.9 Å². The first-order valence-electron chi connectivity index (χ1n) is 8.15. The average Bonchev–Trinajstić information content (AvgIpc) is 2.47. The smallest absolute Gasteiger partial charge is 0.239 e. The van der Waals surface area contributed by atoms with Crippen molar-refractivity contribution < 1.29 is 14.3 Å². The van der Waals surface area contributed by atoms with Gasteiger partial charge in [0.15, 0.2) is 0 Å². The number of ether oxygens (including phenoxy) is 2. The largest absolute Gasteiger partial charge is 0.476 e. The fourth-order valence-corrected chi connectivity index (χ4v) is 2.93. The van der Waals surface area contributed by atoms with Crippen LogP contribution in [0.15, 0.2) is 12.1 Å². The Morgan fingerprint density at radius 3 is 2.65 bits per heavy atom. The molecule has 0 radical (unpaired) electrons. The molecule has 7 heteroatoms. The summed E-state index contributed by atoms with van der Waals surface area (Å²) in [5.41, 5.74) is 0.991. The standard InChI is InChI=1S/C16H24N4O3/c1-3-23-16-14(4-5-15(18-16)17-12(2)21)20-8-6-19(7-9-20)13-10-22-11-13/h4-5,13H,3,6-11H2,1-2H3,(H,17,18,21). The minimum atomic E-state index is -0.135. The normalized spacial score (nSPS) is 19.3. The fraction of sp³-hybridized carbons (Fsp3) is 0.625. The van der Waals surface area contributed by atoms with Gasteiger partial charge in [-0.2, -0.15) is 4.98 Å². The molecule has 0 spiro atoms. The fourth-order valence-electron chi connectivity index (χ4n) is 2.93. The molecular weight excluding hydrogens is 296 g/mol. The number of pyridine rings is 1. The van der Waals surface area contributed by atoms with Crippen LogP contribution in [0.4, 0.5) is 11.5 Å². The van der Waals surface area contributed by atoms with Gasteiger partial charge in [-0.15, -0.1) is 0 Å². The third kappa shape index (κ3) is 3.73. The minimum absolute atomic E-state index is 0.135. The molecule has 0 bridgehead atoms. The van der Waals surface area contributed by atoms with E-state index in [0.717, 1.165) is 45.1 Å². The quantitative estimate of drug-likeness (QED) is 0.872. The molecule has 2 saturated heterocycles. The van der Waals surface area contributed by atoms with Crippen LogP contribution in [-0.4, -0.2) is 67.8 Å². The molecule has 126 valence electrons. The lowest BCUT2D eigenvalue weighted by Gasteiger charge is -2.43. The maximum Gasteiger partial charge on any atom is 0.239 e. The second-order valence-corrected chi connectivity index (χ2v) is 5.85. The van der Waals surface area contributed by atoms with Gasteiger partial charge in [-0.25, -0.2) is 0 Å². The second-order valence-electron chi connectivity index (χ2n) is 5.85. The summed E-state index contributed by atoms with van der Waals surface area (Å²) in [6, 6.07) is 4.39. The van der Waals surface area contributed by atoms with Gasteiger partial charge < -0.3 is 19.7 Å². The van der Waals surface area contributed by atoms with Gasteiger partial charge >= 0.3 is 0 Å². The Labute approximate surface area is 136 Å². The van der Waals surface area contributed by atoms with Gasteiger partial charge in [-0.05, 0) is 19.1 Å². The first kappa shape index (κ1) is 16.0. The third-order valence-corrected chi connectivity index (χ3v) is 4.22. The Balaban J connectivity index is 1.69. The molecule has 0 saturated carbocycles. The number of anilines is 2. The number of hydrogen-bond donors (Lipinski definition) is 1. The van der Waals surface area contributed by atoms with E-state index in [-0.39, 0.29) is 5.91 Å². The van der Waals surface area contributed by atoms with E-state index in [9.17, 15) is 4.79 Å². The zero-order chi connectivity index (χ0) is 16.2. The van der Waals surface area contributed by atoms with Crippen molar-refractivity contribution in [2.24, 2.45) is 0 Å². The van der Waals surface area contributed by atoms with E-state index < -0.39 is 0 Å². The van der Waals surface area contributed by atoms with E-state index >= 15 is 0 Å². The molecule has 1 aromatic heterocycles. The van der Waals surface area contributed by atoms with Crippen LogP contribution < -0.4 is 15.0 Å². The number of nitrogens with zero attached hydrogens (tertiary/aromatic N) is 3. The maximum atomic E-state index is 11.2. The predicted molar refractivity (Wildman–Crippen MR) is 88.1 cm³/mol. The van der Waals surface area contributed by atoms with Crippen LogP contribution in [0, 0.1) is 0 Å². The average molecular weight is 320 g/mol. The molecule has 1 N–H and O–H groups in total. The highest BCUT2D eigenvalue weighted by Crippen LogP contribution is 2.29. The van der Waals surface area contributed by atoms with Crippen molar-refractivity contribution in [3.63, 3.8) is 0 Å². The summed E-state index contributed by atoms with van der Waals surface area (Å²) in [6.07, 6.45) is 0. The van der Waals surface area contributed by atoms with Crippen molar-refractivity contribution in [1.82, 2.24) is 9.88 Å². The Morgan fingerprint density at radius 1 is 1.35 bits per heavy atom. The lowest BCUT2D eigenvalue weighted by molar-refractivity contribution is -0.114. The molecule has 1 amide bonds. The number of nitrogens with one attached hydrogen (secondary N) is 1. The van der Waals surface area contributed by atoms with E-state index in [1.54, 1.807) is 0 Å². The van der Waals surface area contributed by atoms with Gasteiger partial charge in [-0.3, -0.25) is 9.69 Å². The first-order chi connectivity index (χ1) is 11.2. The summed E-state index contributed by atoms with van der Waals surface area (Å²) in [4.78, 5) is 20.4. The molecule has 23 heavy (non-hydrogen) atoms. The summed E-state index contributed by atoms with van der Waals surface area (Å²) in [5.74, 6) is 0.971. The molecule has 3 rings (SSSR count). The van der Waals surface area contributed by atoms with E-state index in [0.29, 0.717) is 24.3 Å². The molecule has 0 aromatic carbocycles. The number of hydrogen-bond acceptors (Lipinski definition) is 6. The molecule has 2 fully saturated rings. The van der Waals surface area contributed by atoms with E-state index in [4.69, 9.17) is 9.47 Å². The van der Waals surface area contributed by atoms with Gasteiger partial charge in [0.2, 0.25) is 11.8 Å². The maximum absolute atomic E-state index is 11.2. The highest BCUT2D eigenvalue weighted by Gasteiger charge is 2.29. The Bertz CT molecular complexity index is 554. The highest BCUT2D eigenvalue weighted by molar-refractivity contribution is 5.87. The zero-order valence-corrected chi connectivity index (χ0v) is 13.7. The monoisotopic (exact) mass is 320 g/mol. The molecule has 2 aliphatic heterocycles. The van der Waals surface area contributed by atoms with Crippen LogP contribution in [0.2, 0.25) is 0 Å². The zero-order valence-electron chi connectivity index (χ0n) is 13.7. The van der Waals surface area contributed by atoms with Crippen LogP contribution in [0.25, 0.3) is 0 Å². The number of rotatable bonds is 5. The van der Waals surface area contributed by atoms with E-state index in [2.05, 4.69) is 20.1 Å². The Hall–Kier alpha value is -1.86. The van der Waals surface area contributed by atoms with Crippen molar-refractivity contribution >= 4 is 17.4 Å². The number of amides is 1. The lowest BCUT2D eigenvalue weighted by Crippen LogP contribution is -2.56. The molecule has 0 atom stereocenters. The summed E-state index contributed by atoms with van der Waals surface area (Å²) in [7, 11) is 0. The number of carbonyl (C=O) groups excluding carboxylic acids is 1. The third-order valence-electron chi connectivity index (χ3n) is 4.22. The van der Waals surface area contributed by atoms with Gasteiger partial charge in [0, 0.05) is 33.1 Å². The number of carbonyl (C=O) groups is 1. The van der Waals surface area contributed by atoms with Crippen LogP contribution in [-0.2, 0) is 9.53 Å².